The van der Waals surface area contributed by atoms with Gasteiger partial charge in [0.15, 0.2) is 0 Å². The van der Waals surface area contributed by atoms with Crippen LogP contribution in [-0.2, 0) is 35.5 Å². The fraction of sp³-hybridized carbons (Fsp3) is 0.241. The number of carbonyl (C=O) groups is 3. The number of hydrogen-bond acceptors (Lipinski definition) is 5. The Balaban J connectivity index is 1.50. The van der Waals surface area contributed by atoms with Crippen molar-refractivity contribution in [3.63, 3.8) is 0 Å². The lowest BCUT2D eigenvalue weighted by atomic mass is 9.93. The summed E-state index contributed by atoms with van der Waals surface area (Å²) in [5.74, 6) is -2.49. The summed E-state index contributed by atoms with van der Waals surface area (Å²) in [5.41, 5.74) is 4.66. The largest absolute Gasteiger partial charge is 0.550 e. The molecule has 0 spiro atoms. The third kappa shape index (κ3) is 6.16. The molecule has 7 heteroatoms. The number of nitriles is 1. The van der Waals surface area contributed by atoms with E-state index in [1.54, 1.807) is 41.3 Å². The molecule has 1 atom stereocenters. The van der Waals surface area contributed by atoms with Crippen LogP contribution in [0.4, 0.5) is 0 Å². The van der Waals surface area contributed by atoms with Gasteiger partial charge in [-0.25, -0.2) is 0 Å². The number of rotatable bonds is 8. The number of aliphatic carboxylic acids is 1. The molecule has 0 radical (unpaired) electrons. The Morgan fingerprint density at radius 1 is 1.00 bits per heavy atom. The second-order valence-corrected chi connectivity index (χ2v) is 8.95. The number of fused-ring (bicyclic) bond motifs is 1. The molecule has 0 saturated carbocycles. The molecular weight excluding hydrogens is 454 g/mol. The van der Waals surface area contributed by atoms with Crippen molar-refractivity contribution in [1.82, 2.24) is 10.2 Å². The van der Waals surface area contributed by atoms with E-state index in [0.717, 1.165) is 22.3 Å². The highest BCUT2D eigenvalue weighted by atomic mass is 16.4. The van der Waals surface area contributed by atoms with Gasteiger partial charge < -0.3 is 20.1 Å². The average molecular weight is 481 g/mol. The van der Waals surface area contributed by atoms with Gasteiger partial charge in [-0.1, -0.05) is 48.5 Å². The van der Waals surface area contributed by atoms with Gasteiger partial charge in [0.1, 0.15) is 0 Å². The molecule has 3 aromatic rings. The summed E-state index contributed by atoms with van der Waals surface area (Å²) >= 11 is 0. The van der Waals surface area contributed by atoms with Crippen molar-refractivity contribution < 1.29 is 19.5 Å². The first kappa shape index (κ1) is 24.7. The predicted octanol–water partition coefficient (Wildman–Crippen LogP) is 2.37. The Morgan fingerprint density at radius 3 is 2.44 bits per heavy atom. The first-order chi connectivity index (χ1) is 17.4. The number of carboxylic acid groups (broad SMARTS) is 1. The van der Waals surface area contributed by atoms with Crippen LogP contribution in [0.3, 0.4) is 0 Å². The molecule has 0 saturated heterocycles. The number of hydrogen-bond donors (Lipinski definition) is 1. The van der Waals surface area contributed by atoms with Crippen molar-refractivity contribution >= 4 is 17.8 Å². The van der Waals surface area contributed by atoms with E-state index in [2.05, 4.69) is 11.4 Å². The zero-order valence-electron chi connectivity index (χ0n) is 19.8. The van der Waals surface area contributed by atoms with Crippen LogP contribution in [-0.4, -0.2) is 29.2 Å². The summed E-state index contributed by atoms with van der Waals surface area (Å²) in [6.45, 7) is 1.14. The van der Waals surface area contributed by atoms with Gasteiger partial charge in [0, 0.05) is 37.1 Å². The van der Waals surface area contributed by atoms with Gasteiger partial charge >= 0.3 is 0 Å². The van der Waals surface area contributed by atoms with Crippen LogP contribution in [0.5, 0.6) is 0 Å². The maximum atomic E-state index is 13.2. The molecule has 1 N–H and O–H groups in total. The fourth-order valence-electron chi connectivity index (χ4n) is 4.45. The summed E-state index contributed by atoms with van der Waals surface area (Å²) in [6, 6.07) is 24.2. The van der Waals surface area contributed by atoms with E-state index in [1.165, 1.54) is 0 Å². The number of amides is 2. The molecule has 4 rings (SSSR count). The smallest absolute Gasteiger partial charge is 0.251 e. The molecule has 2 amide bonds. The highest BCUT2D eigenvalue weighted by molar-refractivity contribution is 5.94. The number of benzene rings is 3. The Kier molecular flexibility index (Phi) is 7.76. The van der Waals surface area contributed by atoms with Crippen LogP contribution in [0.15, 0.2) is 72.8 Å². The number of carboxylic acids is 1. The van der Waals surface area contributed by atoms with E-state index in [9.17, 15) is 19.5 Å². The van der Waals surface area contributed by atoms with Gasteiger partial charge in [0.2, 0.25) is 5.91 Å². The van der Waals surface area contributed by atoms with E-state index in [0.29, 0.717) is 37.2 Å². The van der Waals surface area contributed by atoms with E-state index in [1.807, 2.05) is 36.4 Å². The van der Waals surface area contributed by atoms with Crippen LogP contribution in [0, 0.1) is 17.2 Å². The van der Waals surface area contributed by atoms with E-state index in [4.69, 9.17) is 5.26 Å². The molecule has 0 bridgehead atoms. The minimum Gasteiger partial charge on any atom is -0.550 e. The molecule has 0 aliphatic carbocycles. The quantitative estimate of drug-likeness (QED) is 0.532. The Hall–Kier alpha value is -4.44. The summed E-state index contributed by atoms with van der Waals surface area (Å²) < 4.78 is 0. The number of nitrogens with one attached hydrogen (secondary N) is 1. The topological polar surface area (TPSA) is 113 Å². The molecule has 36 heavy (non-hydrogen) atoms. The normalized spacial score (nSPS) is 14.9. The monoisotopic (exact) mass is 480 g/mol. The maximum Gasteiger partial charge on any atom is 0.251 e. The van der Waals surface area contributed by atoms with E-state index < -0.39 is 11.9 Å². The summed E-state index contributed by atoms with van der Waals surface area (Å²) in [5, 5.41) is 23.2. The number of carbonyl (C=O) groups excluding carboxylic acids is 3. The van der Waals surface area contributed by atoms with Crippen molar-refractivity contribution in [1.29, 1.82) is 5.26 Å². The van der Waals surface area contributed by atoms with Crippen LogP contribution < -0.4 is 10.4 Å². The third-order valence-electron chi connectivity index (χ3n) is 6.42. The van der Waals surface area contributed by atoms with Gasteiger partial charge in [-0.3, -0.25) is 9.59 Å². The molecule has 1 heterocycles. The van der Waals surface area contributed by atoms with Crippen LogP contribution >= 0.6 is 0 Å². The van der Waals surface area contributed by atoms with Gasteiger partial charge in [0.05, 0.1) is 11.6 Å². The predicted molar refractivity (Wildman–Crippen MR) is 131 cm³/mol. The molecule has 182 valence electrons. The molecule has 1 unspecified atom stereocenters. The first-order valence-corrected chi connectivity index (χ1v) is 11.8. The maximum absolute atomic E-state index is 13.2. The van der Waals surface area contributed by atoms with Gasteiger partial charge in [-0.15, -0.1) is 0 Å². The Morgan fingerprint density at radius 2 is 1.75 bits per heavy atom. The minimum absolute atomic E-state index is 0.210. The van der Waals surface area contributed by atoms with Crippen molar-refractivity contribution in [2.75, 3.05) is 6.54 Å². The Bertz CT molecular complexity index is 1300. The first-order valence-electron chi connectivity index (χ1n) is 11.8. The highest BCUT2D eigenvalue weighted by Gasteiger charge is 2.30. The fourth-order valence-corrected chi connectivity index (χ4v) is 4.45. The molecule has 0 fully saturated rings. The van der Waals surface area contributed by atoms with Crippen molar-refractivity contribution in [2.24, 2.45) is 5.92 Å². The molecular formula is C29H26N3O4-. The second-order valence-electron chi connectivity index (χ2n) is 8.95. The van der Waals surface area contributed by atoms with Gasteiger partial charge in [-0.05, 0) is 65.8 Å². The molecule has 7 nitrogen and oxygen atoms in total. The molecule has 3 aromatic carbocycles. The van der Waals surface area contributed by atoms with Gasteiger partial charge in [0.25, 0.3) is 5.91 Å². The summed E-state index contributed by atoms with van der Waals surface area (Å²) in [6.07, 6.45) is 0.533. The van der Waals surface area contributed by atoms with Crippen LogP contribution in [0.1, 0.15) is 44.6 Å². The Labute approximate surface area is 210 Å². The van der Waals surface area contributed by atoms with Crippen molar-refractivity contribution in [3.8, 4) is 6.07 Å². The zero-order valence-corrected chi connectivity index (χ0v) is 19.8. The van der Waals surface area contributed by atoms with Crippen LogP contribution in [0.2, 0.25) is 0 Å². The van der Waals surface area contributed by atoms with Gasteiger partial charge in [-0.2, -0.15) is 5.26 Å². The highest BCUT2D eigenvalue weighted by Crippen LogP contribution is 2.26. The zero-order chi connectivity index (χ0) is 25.5. The SMILES string of the molecule is N#Cc1ccc(CNC(=O)c2ccc3c(c2)CC(CC(=O)[O-])C(=O)N(CCc2ccccc2)C3)cc1. The third-order valence-corrected chi connectivity index (χ3v) is 6.42. The summed E-state index contributed by atoms with van der Waals surface area (Å²) in [4.78, 5) is 39.1. The lowest BCUT2D eigenvalue weighted by Crippen LogP contribution is -2.38. The van der Waals surface area contributed by atoms with E-state index >= 15 is 0 Å². The van der Waals surface area contributed by atoms with Crippen molar-refractivity contribution in [2.45, 2.75) is 32.4 Å². The molecule has 0 aromatic heterocycles. The number of nitrogens with zero attached hydrogens (tertiary/aromatic N) is 2. The second kappa shape index (κ2) is 11.3. The summed E-state index contributed by atoms with van der Waals surface area (Å²) in [7, 11) is 0. The van der Waals surface area contributed by atoms with Crippen LogP contribution in [0.25, 0.3) is 0 Å². The molecule has 1 aliphatic rings. The van der Waals surface area contributed by atoms with E-state index in [-0.39, 0.29) is 24.7 Å². The average Bonchev–Trinajstić information content (AvgIpc) is 3.02. The minimum atomic E-state index is -1.27. The van der Waals surface area contributed by atoms with Crippen molar-refractivity contribution in [3.05, 3.63) is 106 Å². The lowest BCUT2D eigenvalue weighted by Gasteiger charge is -2.25. The standard InChI is InChI=1S/C29H27N3O4/c30-17-21-6-8-22(9-7-21)18-31-28(35)23-10-11-24-19-32(13-12-20-4-2-1-3-5-20)29(36)26(16-27(33)34)15-25(24)14-23/h1-11,14,26H,12-13,15-16,18-19H2,(H,31,35)(H,33,34)/p-1. The lowest BCUT2D eigenvalue weighted by molar-refractivity contribution is -0.306. The molecule has 1 aliphatic heterocycles.